The Morgan fingerprint density at radius 2 is 1.64 bits per heavy atom. The molecule has 0 aliphatic heterocycles. The summed E-state index contributed by atoms with van der Waals surface area (Å²) in [4.78, 5) is 12.1. The van der Waals surface area contributed by atoms with Crippen molar-refractivity contribution in [1.82, 2.24) is 0 Å². The molecular weight excluding hydrogens is 312 g/mol. The van der Waals surface area contributed by atoms with Crippen LogP contribution in [0.15, 0.2) is 48.5 Å². The standard InChI is InChI=1S/C22H26O3/c1-2-3-16-4-6-17(7-5-16)18-10-14-21(15-11-18)25-22(24)19-8-12-20(23)13-9-19/h8-17,23H,2-7H2,1H3. The van der Waals surface area contributed by atoms with Gasteiger partial charge in [-0.25, -0.2) is 4.79 Å². The first kappa shape index (κ1) is 17.5. The van der Waals surface area contributed by atoms with Gasteiger partial charge >= 0.3 is 5.97 Å². The lowest BCUT2D eigenvalue weighted by Crippen LogP contribution is -2.13. The largest absolute Gasteiger partial charge is 0.508 e. The zero-order valence-electron chi connectivity index (χ0n) is 14.8. The van der Waals surface area contributed by atoms with Gasteiger partial charge < -0.3 is 9.84 Å². The molecule has 2 aromatic carbocycles. The van der Waals surface area contributed by atoms with E-state index in [4.69, 9.17) is 4.74 Å². The Morgan fingerprint density at radius 1 is 1.00 bits per heavy atom. The van der Waals surface area contributed by atoms with E-state index in [1.54, 1.807) is 12.1 Å². The Hall–Kier alpha value is -2.29. The van der Waals surface area contributed by atoms with E-state index in [1.165, 1.54) is 56.2 Å². The molecule has 25 heavy (non-hydrogen) atoms. The van der Waals surface area contributed by atoms with Crippen molar-refractivity contribution in [2.45, 2.75) is 51.4 Å². The molecule has 0 aromatic heterocycles. The first-order valence-corrected chi connectivity index (χ1v) is 9.27. The van der Waals surface area contributed by atoms with Crippen LogP contribution in [-0.2, 0) is 0 Å². The third kappa shape index (κ3) is 4.62. The van der Waals surface area contributed by atoms with Crippen molar-refractivity contribution in [3.05, 3.63) is 59.7 Å². The van der Waals surface area contributed by atoms with E-state index in [-0.39, 0.29) is 5.75 Å². The van der Waals surface area contributed by atoms with Crippen LogP contribution >= 0.6 is 0 Å². The number of benzene rings is 2. The van der Waals surface area contributed by atoms with Crippen LogP contribution in [0.4, 0.5) is 0 Å². The van der Waals surface area contributed by atoms with E-state index < -0.39 is 5.97 Å². The highest BCUT2D eigenvalue weighted by atomic mass is 16.5. The van der Waals surface area contributed by atoms with Crippen molar-refractivity contribution in [2.75, 3.05) is 0 Å². The van der Waals surface area contributed by atoms with Gasteiger partial charge in [-0.2, -0.15) is 0 Å². The second kappa shape index (κ2) is 8.19. The summed E-state index contributed by atoms with van der Waals surface area (Å²) in [6, 6.07) is 14.0. The van der Waals surface area contributed by atoms with E-state index in [9.17, 15) is 9.90 Å². The van der Waals surface area contributed by atoms with Gasteiger partial charge in [-0.15, -0.1) is 0 Å². The number of aromatic hydroxyl groups is 1. The molecule has 0 amide bonds. The number of carbonyl (C=O) groups is 1. The van der Waals surface area contributed by atoms with Gasteiger partial charge in [-0.05, 0) is 79.5 Å². The summed E-state index contributed by atoms with van der Waals surface area (Å²) in [5.41, 5.74) is 1.77. The van der Waals surface area contributed by atoms with E-state index in [1.807, 2.05) is 12.1 Å². The molecule has 0 atom stereocenters. The highest BCUT2D eigenvalue weighted by molar-refractivity contribution is 5.91. The molecule has 0 heterocycles. The summed E-state index contributed by atoms with van der Waals surface area (Å²) in [6.07, 6.45) is 7.83. The molecule has 1 aliphatic carbocycles. The number of phenols is 1. The third-order valence-corrected chi connectivity index (χ3v) is 5.21. The lowest BCUT2D eigenvalue weighted by Gasteiger charge is -2.28. The van der Waals surface area contributed by atoms with E-state index in [0.29, 0.717) is 17.2 Å². The SMILES string of the molecule is CCCC1CCC(c2ccc(OC(=O)c3ccc(O)cc3)cc2)CC1. The Kier molecular flexibility index (Phi) is 5.75. The topological polar surface area (TPSA) is 46.5 Å². The minimum atomic E-state index is -0.409. The Morgan fingerprint density at radius 3 is 2.24 bits per heavy atom. The fourth-order valence-corrected chi connectivity index (χ4v) is 3.76. The molecule has 0 unspecified atom stereocenters. The fraction of sp³-hybridized carbons (Fsp3) is 0.409. The summed E-state index contributed by atoms with van der Waals surface area (Å²) in [6.45, 7) is 2.27. The molecule has 1 aliphatic rings. The summed E-state index contributed by atoms with van der Waals surface area (Å²) < 4.78 is 5.41. The van der Waals surface area contributed by atoms with Gasteiger partial charge in [0.2, 0.25) is 0 Å². The predicted octanol–water partition coefficient (Wildman–Crippen LogP) is 5.69. The highest BCUT2D eigenvalue weighted by Crippen LogP contribution is 2.37. The quantitative estimate of drug-likeness (QED) is 0.563. The molecule has 132 valence electrons. The number of phenolic OH excluding ortho intramolecular Hbond substituents is 1. The van der Waals surface area contributed by atoms with E-state index >= 15 is 0 Å². The molecule has 1 saturated carbocycles. The second-order valence-electron chi connectivity index (χ2n) is 7.01. The summed E-state index contributed by atoms with van der Waals surface area (Å²) in [7, 11) is 0. The zero-order valence-corrected chi connectivity index (χ0v) is 14.8. The number of ether oxygens (including phenoxy) is 1. The maximum absolute atomic E-state index is 12.1. The molecule has 3 nitrogen and oxygen atoms in total. The van der Waals surface area contributed by atoms with Gasteiger partial charge in [0.15, 0.2) is 0 Å². The van der Waals surface area contributed by atoms with Crippen LogP contribution in [-0.4, -0.2) is 11.1 Å². The number of esters is 1. The van der Waals surface area contributed by atoms with Crippen molar-refractivity contribution in [3.8, 4) is 11.5 Å². The summed E-state index contributed by atoms with van der Waals surface area (Å²) in [5, 5.41) is 9.28. The van der Waals surface area contributed by atoms with Gasteiger partial charge in [0.1, 0.15) is 11.5 Å². The smallest absolute Gasteiger partial charge is 0.343 e. The van der Waals surface area contributed by atoms with Gasteiger partial charge in [0, 0.05) is 0 Å². The lowest BCUT2D eigenvalue weighted by atomic mass is 9.77. The highest BCUT2D eigenvalue weighted by Gasteiger charge is 2.21. The number of hydrogen-bond acceptors (Lipinski definition) is 3. The Bertz CT molecular complexity index is 680. The maximum Gasteiger partial charge on any atom is 0.343 e. The Balaban J connectivity index is 1.57. The molecule has 3 rings (SSSR count). The fourth-order valence-electron chi connectivity index (χ4n) is 3.76. The van der Waals surface area contributed by atoms with Crippen molar-refractivity contribution < 1.29 is 14.6 Å². The first-order chi connectivity index (χ1) is 12.2. The third-order valence-electron chi connectivity index (χ3n) is 5.21. The Labute approximate surface area is 149 Å². The molecule has 1 N–H and O–H groups in total. The van der Waals surface area contributed by atoms with Gasteiger partial charge in [-0.3, -0.25) is 0 Å². The number of hydrogen-bond donors (Lipinski definition) is 1. The second-order valence-corrected chi connectivity index (χ2v) is 7.01. The van der Waals surface area contributed by atoms with Crippen LogP contribution < -0.4 is 4.74 Å². The average Bonchev–Trinajstić information content (AvgIpc) is 2.64. The van der Waals surface area contributed by atoms with E-state index in [0.717, 1.165) is 5.92 Å². The van der Waals surface area contributed by atoms with Crippen LogP contribution in [0.5, 0.6) is 11.5 Å². The van der Waals surface area contributed by atoms with Gasteiger partial charge in [0.25, 0.3) is 0 Å². The molecule has 2 aromatic rings. The molecule has 0 bridgehead atoms. The first-order valence-electron chi connectivity index (χ1n) is 9.27. The van der Waals surface area contributed by atoms with Crippen molar-refractivity contribution in [2.24, 2.45) is 5.92 Å². The van der Waals surface area contributed by atoms with Crippen LogP contribution in [0.25, 0.3) is 0 Å². The number of carbonyl (C=O) groups excluding carboxylic acids is 1. The molecule has 0 radical (unpaired) electrons. The number of rotatable bonds is 5. The van der Waals surface area contributed by atoms with Crippen molar-refractivity contribution in [1.29, 1.82) is 0 Å². The summed E-state index contributed by atoms with van der Waals surface area (Å²) >= 11 is 0. The molecule has 3 heteroatoms. The monoisotopic (exact) mass is 338 g/mol. The average molecular weight is 338 g/mol. The van der Waals surface area contributed by atoms with Crippen LogP contribution in [0, 0.1) is 5.92 Å². The van der Waals surface area contributed by atoms with Gasteiger partial charge in [0.05, 0.1) is 5.56 Å². The molecule has 0 spiro atoms. The van der Waals surface area contributed by atoms with Gasteiger partial charge in [-0.1, -0.05) is 31.9 Å². The van der Waals surface area contributed by atoms with Crippen LogP contribution in [0.1, 0.15) is 67.3 Å². The zero-order chi connectivity index (χ0) is 17.6. The van der Waals surface area contributed by atoms with E-state index in [2.05, 4.69) is 19.1 Å². The predicted molar refractivity (Wildman–Crippen MR) is 99.1 cm³/mol. The lowest BCUT2D eigenvalue weighted by molar-refractivity contribution is 0.0734. The minimum Gasteiger partial charge on any atom is -0.508 e. The van der Waals surface area contributed by atoms with Crippen molar-refractivity contribution >= 4 is 5.97 Å². The van der Waals surface area contributed by atoms with Crippen molar-refractivity contribution in [3.63, 3.8) is 0 Å². The summed E-state index contributed by atoms with van der Waals surface area (Å²) in [5.74, 6) is 1.82. The molecule has 0 saturated heterocycles. The minimum absolute atomic E-state index is 0.134. The van der Waals surface area contributed by atoms with Crippen LogP contribution in [0.3, 0.4) is 0 Å². The normalized spacial score (nSPS) is 20.2. The molecule has 1 fully saturated rings. The molecular formula is C22H26O3. The van der Waals surface area contributed by atoms with Crippen LogP contribution in [0.2, 0.25) is 0 Å². The maximum atomic E-state index is 12.1.